The molecule has 7 heteroatoms. The van der Waals surface area contributed by atoms with E-state index in [9.17, 15) is 4.39 Å². The summed E-state index contributed by atoms with van der Waals surface area (Å²) in [6, 6.07) is 12.4. The van der Waals surface area contributed by atoms with E-state index in [0.29, 0.717) is 17.5 Å². The van der Waals surface area contributed by atoms with Crippen molar-refractivity contribution in [3.05, 3.63) is 54.5 Å². The van der Waals surface area contributed by atoms with Crippen molar-refractivity contribution in [2.24, 2.45) is 0 Å². The molecule has 4 rings (SSSR count). The van der Waals surface area contributed by atoms with Crippen LogP contribution >= 0.6 is 0 Å². The van der Waals surface area contributed by atoms with Gasteiger partial charge >= 0.3 is 6.01 Å². The van der Waals surface area contributed by atoms with Gasteiger partial charge in [-0.2, -0.15) is 0 Å². The minimum atomic E-state index is -0.288. The molecule has 0 unspecified atom stereocenters. The number of benzene rings is 1. The van der Waals surface area contributed by atoms with Gasteiger partial charge in [0, 0.05) is 37.9 Å². The van der Waals surface area contributed by atoms with Crippen molar-refractivity contribution >= 4 is 11.8 Å². The first-order valence-corrected chi connectivity index (χ1v) is 7.80. The van der Waals surface area contributed by atoms with Crippen molar-refractivity contribution in [2.45, 2.75) is 0 Å². The highest BCUT2D eigenvalue weighted by molar-refractivity contribution is 5.53. The first kappa shape index (κ1) is 14.6. The first-order chi connectivity index (χ1) is 11.8. The number of piperazine rings is 1. The highest BCUT2D eigenvalue weighted by atomic mass is 19.1. The number of aromatic nitrogens is 3. The summed E-state index contributed by atoms with van der Waals surface area (Å²) in [6.07, 6.45) is 1.80. The van der Waals surface area contributed by atoms with Gasteiger partial charge in [0.05, 0.1) is 0 Å². The van der Waals surface area contributed by atoms with Crippen LogP contribution in [-0.4, -0.2) is 41.4 Å². The maximum absolute atomic E-state index is 13.0. The van der Waals surface area contributed by atoms with Crippen LogP contribution in [0.15, 0.2) is 53.1 Å². The van der Waals surface area contributed by atoms with E-state index in [-0.39, 0.29) is 5.82 Å². The molecule has 1 aromatic carbocycles. The zero-order valence-electron chi connectivity index (χ0n) is 13.0. The fourth-order valence-electron chi connectivity index (χ4n) is 2.72. The molecule has 0 atom stereocenters. The summed E-state index contributed by atoms with van der Waals surface area (Å²) in [6.45, 7) is 3.24. The van der Waals surface area contributed by atoms with Crippen LogP contribution in [0.2, 0.25) is 0 Å². The molecule has 24 heavy (non-hydrogen) atoms. The lowest BCUT2D eigenvalue weighted by Crippen LogP contribution is -2.47. The third-order valence-corrected chi connectivity index (χ3v) is 4.03. The molecule has 1 fully saturated rings. The monoisotopic (exact) mass is 325 g/mol. The van der Waals surface area contributed by atoms with Crippen molar-refractivity contribution in [2.75, 3.05) is 36.0 Å². The molecule has 0 amide bonds. The van der Waals surface area contributed by atoms with Crippen molar-refractivity contribution < 1.29 is 8.81 Å². The second-order valence-electron chi connectivity index (χ2n) is 5.56. The van der Waals surface area contributed by atoms with E-state index >= 15 is 0 Å². The zero-order chi connectivity index (χ0) is 16.4. The summed E-state index contributed by atoms with van der Waals surface area (Å²) in [5, 5.41) is 8.18. The number of pyridine rings is 1. The van der Waals surface area contributed by atoms with E-state index in [4.69, 9.17) is 4.42 Å². The smallest absolute Gasteiger partial charge is 0.318 e. The van der Waals surface area contributed by atoms with E-state index in [1.807, 2.05) is 18.2 Å². The third kappa shape index (κ3) is 2.92. The molecular formula is C17H16FN5O. The fraction of sp³-hybridized carbons (Fsp3) is 0.235. The molecule has 1 aliphatic rings. The molecular weight excluding hydrogens is 309 g/mol. The molecule has 0 N–H and O–H groups in total. The van der Waals surface area contributed by atoms with Crippen LogP contribution in [-0.2, 0) is 0 Å². The van der Waals surface area contributed by atoms with Gasteiger partial charge in [-0.1, -0.05) is 11.2 Å². The number of hydrogen-bond donors (Lipinski definition) is 0. The van der Waals surface area contributed by atoms with Crippen LogP contribution in [0, 0.1) is 5.82 Å². The van der Waals surface area contributed by atoms with Gasteiger partial charge in [0.25, 0.3) is 0 Å². The van der Waals surface area contributed by atoms with Gasteiger partial charge in [-0.3, -0.25) is 0 Å². The molecule has 1 saturated heterocycles. The SMILES string of the molecule is Fc1ccc(-c2nnc(N3CCN(c4ccccn4)CC3)o2)cc1. The Bertz CT molecular complexity index is 797. The van der Waals surface area contributed by atoms with Crippen LogP contribution in [0.4, 0.5) is 16.2 Å². The Labute approximate surface area is 138 Å². The second-order valence-corrected chi connectivity index (χ2v) is 5.56. The Balaban J connectivity index is 1.44. The molecule has 1 aliphatic heterocycles. The molecule has 0 aliphatic carbocycles. The van der Waals surface area contributed by atoms with Gasteiger partial charge in [0.15, 0.2) is 0 Å². The van der Waals surface area contributed by atoms with Crippen LogP contribution in [0.5, 0.6) is 0 Å². The number of hydrogen-bond acceptors (Lipinski definition) is 6. The Morgan fingerprint density at radius 3 is 2.33 bits per heavy atom. The van der Waals surface area contributed by atoms with E-state index in [2.05, 4.69) is 25.0 Å². The summed E-state index contributed by atoms with van der Waals surface area (Å²) in [7, 11) is 0. The Kier molecular flexibility index (Phi) is 3.82. The lowest BCUT2D eigenvalue weighted by Gasteiger charge is -2.34. The molecule has 0 spiro atoms. The van der Waals surface area contributed by atoms with Crippen molar-refractivity contribution in [3.63, 3.8) is 0 Å². The van der Waals surface area contributed by atoms with E-state index in [1.54, 1.807) is 18.3 Å². The standard InChI is InChI=1S/C17H16FN5O/c18-14-6-4-13(5-7-14)16-20-21-17(24-16)23-11-9-22(10-12-23)15-3-1-2-8-19-15/h1-8H,9-12H2. The highest BCUT2D eigenvalue weighted by Gasteiger charge is 2.22. The second kappa shape index (κ2) is 6.27. The lowest BCUT2D eigenvalue weighted by atomic mass is 10.2. The summed E-state index contributed by atoms with van der Waals surface area (Å²) in [4.78, 5) is 8.66. The number of halogens is 1. The summed E-state index contributed by atoms with van der Waals surface area (Å²) < 4.78 is 18.7. The fourth-order valence-corrected chi connectivity index (χ4v) is 2.72. The Morgan fingerprint density at radius 2 is 1.62 bits per heavy atom. The molecule has 3 heterocycles. The number of anilines is 2. The van der Waals surface area contributed by atoms with Gasteiger partial charge in [-0.15, -0.1) is 5.10 Å². The molecule has 0 saturated carbocycles. The highest BCUT2D eigenvalue weighted by Crippen LogP contribution is 2.23. The van der Waals surface area contributed by atoms with Crippen LogP contribution in [0.25, 0.3) is 11.5 Å². The normalized spacial score (nSPS) is 14.9. The van der Waals surface area contributed by atoms with E-state index < -0.39 is 0 Å². The zero-order valence-corrected chi connectivity index (χ0v) is 13.0. The maximum Gasteiger partial charge on any atom is 0.318 e. The predicted molar refractivity (Wildman–Crippen MR) is 88.4 cm³/mol. The molecule has 0 radical (unpaired) electrons. The first-order valence-electron chi connectivity index (χ1n) is 7.80. The summed E-state index contributed by atoms with van der Waals surface area (Å²) in [5.41, 5.74) is 0.710. The molecule has 0 bridgehead atoms. The summed E-state index contributed by atoms with van der Waals surface area (Å²) >= 11 is 0. The molecule has 3 aromatic rings. The van der Waals surface area contributed by atoms with Crippen molar-refractivity contribution in [3.8, 4) is 11.5 Å². The Morgan fingerprint density at radius 1 is 0.875 bits per heavy atom. The van der Waals surface area contributed by atoms with E-state index in [1.165, 1.54) is 12.1 Å². The molecule has 122 valence electrons. The van der Waals surface area contributed by atoms with Crippen LogP contribution in [0.3, 0.4) is 0 Å². The Hall–Kier alpha value is -2.96. The average Bonchev–Trinajstić information content (AvgIpc) is 3.13. The van der Waals surface area contributed by atoms with Gasteiger partial charge in [0.1, 0.15) is 11.6 Å². The van der Waals surface area contributed by atoms with Gasteiger partial charge < -0.3 is 14.2 Å². The quantitative estimate of drug-likeness (QED) is 0.738. The minimum absolute atomic E-state index is 0.288. The van der Waals surface area contributed by atoms with Crippen molar-refractivity contribution in [1.82, 2.24) is 15.2 Å². The van der Waals surface area contributed by atoms with Gasteiger partial charge in [-0.05, 0) is 36.4 Å². The number of rotatable bonds is 3. The van der Waals surface area contributed by atoms with Crippen molar-refractivity contribution in [1.29, 1.82) is 0 Å². The largest absolute Gasteiger partial charge is 0.403 e. The number of nitrogens with zero attached hydrogens (tertiary/aromatic N) is 5. The molecule has 6 nitrogen and oxygen atoms in total. The van der Waals surface area contributed by atoms with E-state index in [0.717, 1.165) is 32.0 Å². The topological polar surface area (TPSA) is 58.3 Å². The average molecular weight is 325 g/mol. The van der Waals surface area contributed by atoms with Crippen LogP contribution in [0.1, 0.15) is 0 Å². The maximum atomic E-state index is 13.0. The van der Waals surface area contributed by atoms with Crippen LogP contribution < -0.4 is 9.80 Å². The molecule has 2 aromatic heterocycles. The summed E-state index contributed by atoms with van der Waals surface area (Å²) in [5.74, 6) is 1.09. The third-order valence-electron chi connectivity index (χ3n) is 4.03. The van der Waals surface area contributed by atoms with Gasteiger partial charge in [0.2, 0.25) is 5.89 Å². The lowest BCUT2D eigenvalue weighted by molar-refractivity contribution is 0.523. The van der Waals surface area contributed by atoms with Gasteiger partial charge in [-0.25, -0.2) is 9.37 Å². The minimum Gasteiger partial charge on any atom is -0.403 e. The predicted octanol–water partition coefficient (Wildman–Crippen LogP) is 2.60.